The lowest BCUT2D eigenvalue weighted by atomic mass is 9.98. The summed E-state index contributed by atoms with van der Waals surface area (Å²) < 4.78 is 19.4. The highest BCUT2D eigenvalue weighted by molar-refractivity contribution is 5.77. The molecule has 142 valence electrons. The smallest absolute Gasteiger partial charge is 0.223 e. The van der Waals surface area contributed by atoms with Crippen molar-refractivity contribution in [2.24, 2.45) is 0 Å². The topological polar surface area (TPSA) is 42.4 Å². The van der Waals surface area contributed by atoms with Gasteiger partial charge in [-0.15, -0.1) is 0 Å². The first kappa shape index (κ1) is 18.0. The molecule has 0 radical (unpaired) electrons. The van der Waals surface area contributed by atoms with Crippen molar-refractivity contribution in [3.63, 3.8) is 0 Å². The molecule has 4 nitrogen and oxygen atoms in total. The van der Waals surface area contributed by atoms with Crippen LogP contribution in [-0.4, -0.2) is 34.0 Å². The minimum Gasteiger partial charge on any atom is -0.474 e. The molecule has 2 aliphatic rings. The van der Waals surface area contributed by atoms with Crippen molar-refractivity contribution < 1.29 is 13.9 Å². The maximum absolute atomic E-state index is 13.4. The number of pyridine rings is 1. The van der Waals surface area contributed by atoms with Gasteiger partial charge in [-0.05, 0) is 49.4 Å². The number of carbonyl (C=O) groups excluding carboxylic acids is 1. The summed E-state index contributed by atoms with van der Waals surface area (Å²) >= 11 is 0. The Kier molecular flexibility index (Phi) is 5.10. The predicted molar refractivity (Wildman–Crippen MR) is 101 cm³/mol. The molecule has 2 fully saturated rings. The molecule has 27 heavy (non-hydrogen) atoms. The second-order valence-corrected chi connectivity index (χ2v) is 7.65. The zero-order valence-electron chi connectivity index (χ0n) is 15.6. The SMILES string of the molecule is Cc1cc(CCC(=O)N2C3CCC2CC(Oc2ccccn2)C3)ccc1F. The van der Waals surface area contributed by atoms with Crippen molar-refractivity contribution >= 4 is 5.91 Å². The van der Waals surface area contributed by atoms with Gasteiger partial charge in [-0.3, -0.25) is 4.79 Å². The second-order valence-electron chi connectivity index (χ2n) is 7.65. The molecule has 2 saturated heterocycles. The molecule has 4 rings (SSSR count). The fourth-order valence-electron chi connectivity index (χ4n) is 4.46. The number of amides is 1. The van der Waals surface area contributed by atoms with Gasteiger partial charge in [0.05, 0.1) is 0 Å². The molecule has 0 N–H and O–H groups in total. The van der Waals surface area contributed by atoms with E-state index in [4.69, 9.17) is 4.74 Å². The van der Waals surface area contributed by atoms with Crippen LogP contribution in [0.25, 0.3) is 0 Å². The molecule has 2 bridgehead atoms. The average Bonchev–Trinajstić information content (AvgIpc) is 2.94. The Labute approximate surface area is 159 Å². The third kappa shape index (κ3) is 3.97. The van der Waals surface area contributed by atoms with E-state index in [1.54, 1.807) is 19.2 Å². The summed E-state index contributed by atoms with van der Waals surface area (Å²) in [6.45, 7) is 1.76. The molecule has 0 saturated carbocycles. The summed E-state index contributed by atoms with van der Waals surface area (Å²) in [6, 6.07) is 11.3. The molecule has 1 aromatic heterocycles. The number of carbonyl (C=O) groups is 1. The Balaban J connectivity index is 1.34. The maximum Gasteiger partial charge on any atom is 0.223 e. The van der Waals surface area contributed by atoms with Crippen LogP contribution in [0.3, 0.4) is 0 Å². The van der Waals surface area contributed by atoms with Crippen molar-refractivity contribution in [2.75, 3.05) is 0 Å². The standard InChI is InChI=1S/C22H25FN2O2/c1-15-12-16(5-9-20(15)23)6-10-22(26)25-17-7-8-18(25)14-19(13-17)27-21-4-2-3-11-24-21/h2-5,9,11-12,17-19H,6-8,10,13-14H2,1H3. The summed E-state index contributed by atoms with van der Waals surface area (Å²) in [4.78, 5) is 19.2. The van der Waals surface area contributed by atoms with Gasteiger partial charge in [0.15, 0.2) is 0 Å². The molecule has 5 heteroatoms. The van der Waals surface area contributed by atoms with Crippen LogP contribution in [0, 0.1) is 12.7 Å². The molecule has 1 amide bonds. The molecule has 2 unspecified atom stereocenters. The molecule has 2 atom stereocenters. The Morgan fingerprint density at radius 2 is 2.00 bits per heavy atom. The second kappa shape index (κ2) is 7.67. The fraction of sp³-hybridized carbons (Fsp3) is 0.455. The van der Waals surface area contributed by atoms with E-state index in [9.17, 15) is 9.18 Å². The lowest BCUT2D eigenvalue weighted by Gasteiger charge is -2.38. The Bertz CT molecular complexity index is 797. The quantitative estimate of drug-likeness (QED) is 0.799. The molecule has 3 heterocycles. The summed E-state index contributed by atoms with van der Waals surface area (Å²) in [5, 5.41) is 0. The van der Waals surface area contributed by atoms with Crippen LogP contribution in [0.1, 0.15) is 43.2 Å². The normalized spacial score (nSPS) is 24.1. The van der Waals surface area contributed by atoms with Crippen molar-refractivity contribution in [2.45, 2.75) is 63.6 Å². The lowest BCUT2D eigenvalue weighted by molar-refractivity contribution is -0.137. The van der Waals surface area contributed by atoms with E-state index < -0.39 is 0 Å². The van der Waals surface area contributed by atoms with Gasteiger partial charge in [0.2, 0.25) is 11.8 Å². The summed E-state index contributed by atoms with van der Waals surface area (Å²) in [5.74, 6) is 0.673. The van der Waals surface area contributed by atoms with E-state index in [0.29, 0.717) is 24.3 Å². The number of rotatable bonds is 5. The van der Waals surface area contributed by atoms with Gasteiger partial charge in [0, 0.05) is 43.6 Å². The molecular formula is C22H25FN2O2. The minimum absolute atomic E-state index is 0.126. The summed E-state index contributed by atoms with van der Waals surface area (Å²) in [5.41, 5.74) is 1.65. The van der Waals surface area contributed by atoms with Crippen LogP contribution < -0.4 is 4.74 Å². The number of nitrogens with zero attached hydrogens (tertiary/aromatic N) is 2. The number of piperidine rings is 1. The Morgan fingerprint density at radius 1 is 1.22 bits per heavy atom. The van der Waals surface area contributed by atoms with Crippen LogP contribution in [0.4, 0.5) is 4.39 Å². The van der Waals surface area contributed by atoms with Gasteiger partial charge in [0.1, 0.15) is 11.9 Å². The monoisotopic (exact) mass is 368 g/mol. The first-order valence-corrected chi connectivity index (χ1v) is 9.74. The molecular weight excluding hydrogens is 343 g/mol. The highest BCUT2D eigenvalue weighted by Gasteiger charge is 2.43. The van der Waals surface area contributed by atoms with Gasteiger partial charge < -0.3 is 9.64 Å². The average molecular weight is 368 g/mol. The van der Waals surface area contributed by atoms with Crippen LogP contribution in [0.2, 0.25) is 0 Å². The number of fused-ring (bicyclic) bond motifs is 2. The fourth-order valence-corrected chi connectivity index (χ4v) is 4.46. The van der Waals surface area contributed by atoms with Crippen LogP contribution in [0.5, 0.6) is 5.88 Å². The van der Waals surface area contributed by atoms with E-state index in [2.05, 4.69) is 9.88 Å². The van der Waals surface area contributed by atoms with Gasteiger partial charge in [-0.2, -0.15) is 0 Å². The molecule has 0 spiro atoms. The number of halogens is 1. The number of aromatic nitrogens is 1. The molecule has 2 aliphatic heterocycles. The number of benzene rings is 1. The summed E-state index contributed by atoms with van der Waals surface area (Å²) in [6.07, 6.45) is 6.83. The first-order valence-electron chi connectivity index (χ1n) is 9.74. The Hall–Kier alpha value is -2.43. The predicted octanol–water partition coefficient (Wildman–Crippen LogP) is 4.06. The van der Waals surface area contributed by atoms with E-state index in [1.807, 2.05) is 24.3 Å². The first-order chi connectivity index (χ1) is 13.1. The van der Waals surface area contributed by atoms with E-state index in [0.717, 1.165) is 31.2 Å². The molecule has 2 aromatic rings. The maximum atomic E-state index is 13.4. The van der Waals surface area contributed by atoms with E-state index >= 15 is 0 Å². The minimum atomic E-state index is -0.196. The molecule has 0 aliphatic carbocycles. The number of hydrogen-bond acceptors (Lipinski definition) is 3. The zero-order chi connectivity index (χ0) is 18.8. The largest absolute Gasteiger partial charge is 0.474 e. The van der Waals surface area contributed by atoms with Crippen LogP contribution in [-0.2, 0) is 11.2 Å². The van der Waals surface area contributed by atoms with E-state index in [-0.39, 0.29) is 29.9 Å². The van der Waals surface area contributed by atoms with Crippen molar-refractivity contribution in [3.8, 4) is 5.88 Å². The van der Waals surface area contributed by atoms with Crippen LogP contribution >= 0.6 is 0 Å². The highest BCUT2D eigenvalue weighted by atomic mass is 19.1. The third-order valence-corrected chi connectivity index (χ3v) is 5.75. The molecule has 1 aromatic carbocycles. The van der Waals surface area contributed by atoms with Gasteiger partial charge in [-0.1, -0.05) is 18.2 Å². The van der Waals surface area contributed by atoms with Gasteiger partial charge in [0.25, 0.3) is 0 Å². The number of aryl methyl sites for hydroxylation is 2. The number of ether oxygens (including phenoxy) is 1. The van der Waals surface area contributed by atoms with Crippen molar-refractivity contribution in [3.05, 3.63) is 59.5 Å². The van der Waals surface area contributed by atoms with Crippen LogP contribution in [0.15, 0.2) is 42.6 Å². The van der Waals surface area contributed by atoms with E-state index in [1.165, 1.54) is 6.07 Å². The summed E-state index contributed by atoms with van der Waals surface area (Å²) in [7, 11) is 0. The highest BCUT2D eigenvalue weighted by Crippen LogP contribution is 2.37. The van der Waals surface area contributed by atoms with Crippen molar-refractivity contribution in [1.29, 1.82) is 0 Å². The number of hydrogen-bond donors (Lipinski definition) is 0. The Morgan fingerprint density at radius 3 is 2.67 bits per heavy atom. The van der Waals surface area contributed by atoms with Gasteiger partial charge in [-0.25, -0.2) is 9.37 Å². The van der Waals surface area contributed by atoms with Gasteiger partial charge >= 0.3 is 0 Å². The third-order valence-electron chi connectivity index (χ3n) is 5.75. The lowest BCUT2D eigenvalue weighted by Crippen LogP contribution is -2.49. The van der Waals surface area contributed by atoms with Crippen molar-refractivity contribution in [1.82, 2.24) is 9.88 Å². The zero-order valence-corrected chi connectivity index (χ0v) is 15.6.